The lowest BCUT2D eigenvalue weighted by Crippen LogP contribution is -2.20. The predicted octanol–water partition coefficient (Wildman–Crippen LogP) is 3.02. The molecule has 0 fully saturated rings. The summed E-state index contributed by atoms with van der Waals surface area (Å²) in [5, 5.41) is 13.9. The molecule has 8 heteroatoms. The topological polar surface area (TPSA) is 92.6 Å². The Hall–Kier alpha value is -2.93. The number of nitro groups is 1. The van der Waals surface area contributed by atoms with Crippen LogP contribution in [0.3, 0.4) is 0 Å². The Morgan fingerprint density at radius 2 is 2.04 bits per heavy atom. The van der Waals surface area contributed by atoms with Gasteiger partial charge in [-0.25, -0.2) is 0 Å². The van der Waals surface area contributed by atoms with Crippen LogP contribution in [-0.4, -0.2) is 23.8 Å². The maximum Gasteiger partial charge on any atom is 0.282 e. The van der Waals surface area contributed by atoms with Gasteiger partial charge in [0.1, 0.15) is 5.56 Å². The quantitative estimate of drug-likeness (QED) is 0.683. The van der Waals surface area contributed by atoms with E-state index in [2.05, 4.69) is 5.32 Å². The number of halogens is 1. The van der Waals surface area contributed by atoms with Crippen LogP contribution in [0.4, 0.5) is 17.1 Å². The molecule has 1 aliphatic rings. The second kappa shape index (κ2) is 5.93. The molecule has 1 N–H and O–H groups in total. The number of nitro benzene ring substituents is 1. The van der Waals surface area contributed by atoms with Crippen LogP contribution in [0.15, 0.2) is 36.4 Å². The van der Waals surface area contributed by atoms with E-state index < -0.39 is 10.8 Å². The third-order valence-corrected chi connectivity index (χ3v) is 4.05. The Morgan fingerprint density at radius 3 is 2.75 bits per heavy atom. The minimum absolute atomic E-state index is 0.0287. The lowest BCUT2D eigenvalue weighted by atomic mass is 10.1. The van der Waals surface area contributed by atoms with Crippen LogP contribution in [0, 0.1) is 10.1 Å². The molecular formula is C16H12ClN3O4. The zero-order chi connectivity index (χ0) is 17.4. The van der Waals surface area contributed by atoms with Crippen LogP contribution < -0.4 is 10.2 Å². The van der Waals surface area contributed by atoms with E-state index in [0.717, 1.165) is 11.3 Å². The number of amides is 2. The Morgan fingerprint density at radius 1 is 1.29 bits per heavy atom. The van der Waals surface area contributed by atoms with Crippen molar-refractivity contribution in [2.75, 3.05) is 17.3 Å². The van der Waals surface area contributed by atoms with E-state index in [1.54, 1.807) is 30.1 Å². The summed E-state index contributed by atoms with van der Waals surface area (Å²) in [6.45, 7) is 0. The Labute approximate surface area is 142 Å². The highest BCUT2D eigenvalue weighted by Crippen LogP contribution is 2.30. The highest BCUT2D eigenvalue weighted by atomic mass is 35.5. The molecule has 0 aromatic heterocycles. The molecule has 7 nitrogen and oxygen atoms in total. The second-order valence-corrected chi connectivity index (χ2v) is 5.78. The van der Waals surface area contributed by atoms with Crippen molar-refractivity contribution < 1.29 is 14.5 Å². The van der Waals surface area contributed by atoms with Gasteiger partial charge in [-0.15, -0.1) is 0 Å². The zero-order valence-corrected chi connectivity index (χ0v) is 13.3. The van der Waals surface area contributed by atoms with Crippen molar-refractivity contribution in [1.29, 1.82) is 0 Å². The molecule has 0 unspecified atom stereocenters. The SMILES string of the molecule is CN1C(=O)Cc2cc(NC(=O)c3cc(Cl)ccc3[N+](=O)[O-])ccc21. The normalized spacial score (nSPS) is 12.9. The Bertz CT molecular complexity index is 882. The first-order valence-corrected chi connectivity index (χ1v) is 7.39. The van der Waals surface area contributed by atoms with Gasteiger partial charge < -0.3 is 10.2 Å². The summed E-state index contributed by atoms with van der Waals surface area (Å²) in [5.41, 5.74) is 1.58. The summed E-state index contributed by atoms with van der Waals surface area (Å²) in [7, 11) is 1.68. The van der Waals surface area contributed by atoms with E-state index in [1.165, 1.54) is 18.2 Å². The predicted molar refractivity (Wildman–Crippen MR) is 89.6 cm³/mol. The molecule has 122 valence electrons. The average molecular weight is 346 g/mol. The molecule has 0 radical (unpaired) electrons. The fourth-order valence-corrected chi connectivity index (χ4v) is 2.77. The summed E-state index contributed by atoms with van der Waals surface area (Å²) in [6, 6.07) is 8.84. The van der Waals surface area contributed by atoms with Crippen molar-refractivity contribution in [2.24, 2.45) is 0 Å². The second-order valence-electron chi connectivity index (χ2n) is 5.35. The monoisotopic (exact) mass is 345 g/mol. The van der Waals surface area contributed by atoms with Gasteiger partial charge in [0.2, 0.25) is 5.91 Å². The number of nitrogens with zero attached hydrogens (tertiary/aromatic N) is 2. The van der Waals surface area contributed by atoms with Crippen molar-refractivity contribution in [3.8, 4) is 0 Å². The van der Waals surface area contributed by atoms with Gasteiger partial charge in [-0.3, -0.25) is 19.7 Å². The molecule has 1 aliphatic heterocycles. The van der Waals surface area contributed by atoms with Gasteiger partial charge in [-0.1, -0.05) is 11.6 Å². The first-order chi connectivity index (χ1) is 11.4. The van der Waals surface area contributed by atoms with Crippen LogP contribution in [0.25, 0.3) is 0 Å². The highest BCUT2D eigenvalue weighted by Gasteiger charge is 2.25. The van der Waals surface area contributed by atoms with E-state index in [-0.39, 0.29) is 28.6 Å². The van der Waals surface area contributed by atoms with Gasteiger partial charge >= 0.3 is 0 Å². The third-order valence-electron chi connectivity index (χ3n) is 3.81. The maximum absolute atomic E-state index is 12.4. The van der Waals surface area contributed by atoms with Gasteiger partial charge in [0.05, 0.1) is 11.3 Å². The number of carbonyl (C=O) groups excluding carboxylic acids is 2. The number of rotatable bonds is 3. The summed E-state index contributed by atoms with van der Waals surface area (Å²) in [4.78, 5) is 36.0. The zero-order valence-electron chi connectivity index (χ0n) is 12.6. The number of nitrogens with one attached hydrogen (secondary N) is 1. The molecule has 2 aromatic rings. The Balaban J connectivity index is 1.89. The van der Waals surface area contributed by atoms with E-state index in [1.807, 2.05) is 0 Å². The standard InChI is InChI=1S/C16H12ClN3O4/c1-19-13-5-3-11(6-9(13)7-15(19)21)18-16(22)12-8-10(17)2-4-14(12)20(23)24/h2-6,8H,7H2,1H3,(H,18,22). The number of likely N-dealkylation sites (N-methyl/N-ethyl adjacent to an activating group) is 1. The molecular weight excluding hydrogens is 334 g/mol. The van der Waals surface area contributed by atoms with Gasteiger partial charge in [0, 0.05) is 29.5 Å². The van der Waals surface area contributed by atoms with Crippen molar-refractivity contribution in [1.82, 2.24) is 0 Å². The van der Waals surface area contributed by atoms with E-state index in [9.17, 15) is 19.7 Å². The maximum atomic E-state index is 12.4. The summed E-state index contributed by atoms with van der Waals surface area (Å²) in [5.74, 6) is -0.666. The number of hydrogen-bond donors (Lipinski definition) is 1. The fraction of sp³-hybridized carbons (Fsp3) is 0.125. The third kappa shape index (κ3) is 2.81. The number of benzene rings is 2. The first-order valence-electron chi connectivity index (χ1n) is 7.01. The molecule has 0 spiro atoms. The van der Waals surface area contributed by atoms with Crippen molar-refractivity contribution in [2.45, 2.75) is 6.42 Å². The van der Waals surface area contributed by atoms with Gasteiger partial charge in [-0.05, 0) is 35.9 Å². The Kier molecular flexibility index (Phi) is 3.94. The highest BCUT2D eigenvalue weighted by molar-refractivity contribution is 6.31. The molecule has 0 saturated heterocycles. The molecule has 0 bridgehead atoms. The lowest BCUT2D eigenvalue weighted by Gasteiger charge is -2.11. The number of anilines is 2. The van der Waals surface area contributed by atoms with Crippen LogP contribution in [0.2, 0.25) is 5.02 Å². The molecule has 2 aromatic carbocycles. The van der Waals surface area contributed by atoms with Crippen molar-refractivity contribution in [3.63, 3.8) is 0 Å². The first kappa shape index (κ1) is 15.9. The molecule has 24 heavy (non-hydrogen) atoms. The number of hydrogen-bond acceptors (Lipinski definition) is 4. The van der Waals surface area contributed by atoms with Crippen LogP contribution in [0.5, 0.6) is 0 Å². The molecule has 0 saturated carbocycles. The molecule has 2 amide bonds. The van der Waals surface area contributed by atoms with Crippen molar-refractivity contribution >= 4 is 40.5 Å². The molecule has 1 heterocycles. The smallest absolute Gasteiger partial charge is 0.282 e. The molecule has 0 aliphatic carbocycles. The average Bonchev–Trinajstić information content (AvgIpc) is 2.81. The summed E-state index contributed by atoms with van der Waals surface area (Å²) in [6.07, 6.45) is 0.257. The van der Waals surface area contributed by atoms with Crippen LogP contribution >= 0.6 is 11.6 Å². The lowest BCUT2D eigenvalue weighted by molar-refractivity contribution is -0.385. The van der Waals surface area contributed by atoms with Gasteiger partial charge in [-0.2, -0.15) is 0 Å². The number of fused-ring (bicyclic) bond motifs is 1. The largest absolute Gasteiger partial charge is 0.322 e. The van der Waals surface area contributed by atoms with E-state index in [4.69, 9.17) is 11.6 Å². The van der Waals surface area contributed by atoms with Gasteiger partial charge in [0.15, 0.2) is 0 Å². The van der Waals surface area contributed by atoms with Crippen LogP contribution in [0.1, 0.15) is 15.9 Å². The molecule has 0 atom stereocenters. The summed E-state index contributed by atoms with van der Waals surface area (Å²) >= 11 is 5.83. The molecule has 3 rings (SSSR count). The van der Waals surface area contributed by atoms with Gasteiger partial charge in [0.25, 0.3) is 11.6 Å². The van der Waals surface area contributed by atoms with Crippen LogP contribution in [-0.2, 0) is 11.2 Å². The number of carbonyl (C=O) groups is 2. The van der Waals surface area contributed by atoms with E-state index in [0.29, 0.717) is 5.69 Å². The fourth-order valence-electron chi connectivity index (χ4n) is 2.60. The van der Waals surface area contributed by atoms with Crippen molar-refractivity contribution in [3.05, 3.63) is 62.7 Å². The summed E-state index contributed by atoms with van der Waals surface area (Å²) < 4.78 is 0. The minimum atomic E-state index is -0.637. The minimum Gasteiger partial charge on any atom is -0.322 e. The van der Waals surface area contributed by atoms with E-state index >= 15 is 0 Å².